The Hall–Kier alpha value is -1.22. The summed E-state index contributed by atoms with van der Waals surface area (Å²) in [5.41, 5.74) is 6.96. The van der Waals surface area contributed by atoms with Crippen molar-refractivity contribution in [1.29, 1.82) is 0 Å². The maximum Gasteiger partial charge on any atom is 0.121 e. The van der Waals surface area contributed by atoms with Gasteiger partial charge in [-0.3, -0.25) is 0 Å². The molecule has 0 aromatic heterocycles. The number of benzene rings is 1. The van der Waals surface area contributed by atoms with Crippen LogP contribution in [0.15, 0.2) is 24.3 Å². The molecule has 0 bridgehead atoms. The number of hydrogen-bond donors (Lipinski definition) is 1. The zero-order valence-electron chi connectivity index (χ0n) is 13.8. The first-order valence-corrected chi connectivity index (χ1v) is 8.16. The molecule has 1 aromatic carbocycles. The predicted molar refractivity (Wildman–Crippen MR) is 89.6 cm³/mol. The molecule has 0 atom stereocenters. The molecule has 0 radical (unpaired) electrons. The summed E-state index contributed by atoms with van der Waals surface area (Å²) in [6, 6.07) is 7.66. The summed E-state index contributed by atoms with van der Waals surface area (Å²) in [7, 11) is 0. The van der Waals surface area contributed by atoms with E-state index in [1.165, 1.54) is 25.9 Å². The standard InChI is InChI=1S/C18H30N2O/c1-18(2,3)15-8-11-20(12-9-15)10-5-13-21-17-7-4-6-16(19)14-17/h4,6-7,14-15H,5,8-13,19H2,1-3H3. The lowest BCUT2D eigenvalue weighted by Gasteiger charge is -2.38. The van der Waals surface area contributed by atoms with Crippen molar-refractivity contribution in [3.8, 4) is 5.75 Å². The first-order chi connectivity index (χ1) is 9.95. The Morgan fingerprint density at radius 3 is 2.57 bits per heavy atom. The van der Waals surface area contributed by atoms with Gasteiger partial charge < -0.3 is 15.4 Å². The van der Waals surface area contributed by atoms with Crippen molar-refractivity contribution in [3.05, 3.63) is 24.3 Å². The lowest BCUT2D eigenvalue weighted by Crippen LogP contribution is -2.38. The van der Waals surface area contributed by atoms with E-state index in [4.69, 9.17) is 10.5 Å². The van der Waals surface area contributed by atoms with E-state index in [0.717, 1.165) is 36.9 Å². The molecule has 0 spiro atoms. The van der Waals surface area contributed by atoms with Crippen molar-refractivity contribution in [1.82, 2.24) is 4.90 Å². The summed E-state index contributed by atoms with van der Waals surface area (Å²) < 4.78 is 5.75. The zero-order chi connectivity index (χ0) is 15.3. The van der Waals surface area contributed by atoms with Gasteiger partial charge in [0.25, 0.3) is 0 Å². The van der Waals surface area contributed by atoms with E-state index in [1.807, 2.05) is 24.3 Å². The molecule has 3 nitrogen and oxygen atoms in total. The van der Waals surface area contributed by atoms with Crippen LogP contribution in [0.1, 0.15) is 40.0 Å². The van der Waals surface area contributed by atoms with E-state index >= 15 is 0 Å². The number of hydrogen-bond acceptors (Lipinski definition) is 3. The SMILES string of the molecule is CC(C)(C)C1CCN(CCCOc2cccc(N)c2)CC1. The maximum absolute atomic E-state index is 5.75. The summed E-state index contributed by atoms with van der Waals surface area (Å²) in [6.45, 7) is 11.5. The Kier molecular flexibility index (Phi) is 5.51. The Bertz CT molecular complexity index is 431. The van der Waals surface area contributed by atoms with Crippen LogP contribution in [0.5, 0.6) is 5.75 Å². The van der Waals surface area contributed by atoms with E-state index in [2.05, 4.69) is 25.7 Å². The first kappa shape index (κ1) is 16.2. The maximum atomic E-state index is 5.75. The van der Waals surface area contributed by atoms with Crippen LogP contribution in [0.3, 0.4) is 0 Å². The summed E-state index contributed by atoms with van der Waals surface area (Å²) >= 11 is 0. The average molecular weight is 290 g/mol. The van der Waals surface area contributed by atoms with Gasteiger partial charge in [0, 0.05) is 18.3 Å². The molecular weight excluding hydrogens is 260 g/mol. The highest BCUT2D eigenvalue weighted by Gasteiger charge is 2.28. The molecule has 1 saturated heterocycles. The van der Waals surface area contributed by atoms with Gasteiger partial charge in [0.05, 0.1) is 6.61 Å². The molecule has 3 heteroatoms. The second-order valence-corrected chi connectivity index (χ2v) is 7.26. The minimum Gasteiger partial charge on any atom is -0.493 e. The average Bonchev–Trinajstić information content (AvgIpc) is 2.43. The van der Waals surface area contributed by atoms with Crippen LogP contribution in [0.25, 0.3) is 0 Å². The fraction of sp³-hybridized carbons (Fsp3) is 0.667. The Labute approximate surface area is 129 Å². The fourth-order valence-electron chi connectivity index (χ4n) is 3.11. The van der Waals surface area contributed by atoms with Crippen LogP contribution < -0.4 is 10.5 Å². The highest BCUT2D eigenvalue weighted by atomic mass is 16.5. The van der Waals surface area contributed by atoms with Crippen molar-refractivity contribution in [3.63, 3.8) is 0 Å². The third-order valence-corrected chi connectivity index (χ3v) is 4.56. The van der Waals surface area contributed by atoms with E-state index in [-0.39, 0.29) is 0 Å². The van der Waals surface area contributed by atoms with Gasteiger partial charge in [0.2, 0.25) is 0 Å². The van der Waals surface area contributed by atoms with Gasteiger partial charge in [-0.25, -0.2) is 0 Å². The Morgan fingerprint density at radius 1 is 1.24 bits per heavy atom. The van der Waals surface area contributed by atoms with Crippen molar-refractivity contribution >= 4 is 5.69 Å². The summed E-state index contributed by atoms with van der Waals surface area (Å²) in [6.07, 6.45) is 3.74. The van der Waals surface area contributed by atoms with Gasteiger partial charge in [-0.05, 0) is 55.8 Å². The number of nitrogen functional groups attached to an aromatic ring is 1. The van der Waals surface area contributed by atoms with Crippen LogP contribution in [0.4, 0.5) is 5.69 Å². The summed E-state index contributed by atoms with van der Waals surface area (Å²) in [4.78, 5) is 2.57. The molecule has 1 fully saturated rings. The second-order valence-electron chi connectivity index (χ2n) is 7.26. The normalized spacial score (nSPS) is 17.9. The van der Waals surface area contributed by atoms with Gasteiger partial charge in [-0.2, -0.15) is 0 Å². The third kappa shape index (κ3) is 5.24. The second kappa shape index (κ2) is 7.17. The minimum absolute atomic E-state index is 0.461. The van der Waals surface area contributed by atoms with Gasteiger partial charge >= 0.3 is 0 Å². The molecule has 1 heterocycles. The number of ether oxygens (including phenoxy) is 1. The van der Waals surface area contributed by atoms with Crippen LogP contribution in [-0.2, 0) is 0 Å². The van der Waals surface area contributed by atoms with E-state index in [1.54, 1.807) is 0 Å². The molecule has 0 aliphatic carbocycles. The monoisotopic (exact) mass is 290 g/mol. The summed E-state index contributed by atoms with van der Waals surface area (Å²) in [5.74, 6) is 1.75. The quantitative estimate of drug-likeness (QED) is 0.662. The van der Waals surface area contributed by atoms with Crippen molar-refractivity contribution in [2.75, 3.05) is 32.0 Å². The van der Waals surface area contributed by atoms with Gasteiger partial charge in [0.1, 0.15) is 5.75 Å². The van der Waals surface area contributed by atoms with Gasteiger partial charge in [-0.1, -0.05) is 26.8 Å². The fourth-order valence-corrected chi connectivity index (χ4v) is 3.11. The van der Waals surface area contributed by atoms with Crippen LogP contribution in [0, 0.1) is 11.3 Å². The van der Waals surface area contributed by atoms with Crippen LogP contribution in [-0.4, -0.2) is 31.1 Å². The number of likely N-dealkylation sites (tertiary alicyclic amines) is 1. The third-order valence-electron chi connectivity index (χ3n) is 4.56. The molecule has 21 heavy (non-hydrogen) atoms. The molecule has 0 unspecified atom stereocenters. The van der Waals surface area contributed by atoms with E-state index < -0.39 is 0 Å². The first-order valence-electron chi connectivity index (χ1n) is 8.16. The van der Waals surface area contributed by atoms with Crippen molar-refractivity contribution in [2.45, 2.75) is 40.0 Å². The largest absolute Gasteiger partial charge is 0.493 e. The smallest absolute Gasteiger partial charge is 0.121 e. The molecule has 1 aromatic rings. The number of nitrogens with two attached hydrogens (primary N) is 1. The Morgan fingerprint density at radius 2 is 1.95 bits per heavy atom. The number of nitrogens with zero attached hydrogens (tertiary/aromatic N) is 1. The molecule has 1 aliphatic rings. The van der Waals surface area contributed by atoms with Crippen LogP contribution >= 0.6 is 0 Å². The minimum atomic E-state index is 0.461. The van der Waals surface area contributed by atoms with Crippen molar-refractivity contribution < 1.29 is 4.74 Å². The van der Waals surface area contributed by atoms with Gasteiger partial charge in [0.15, 0.2) is 0 Å². The zero-order valence-corrected chi connectivity index (χ0v) is 13.8. The van der Waals surface area contributed by atoms with E-state index in [0.29, 0.717) is 5.41 Å². The van der Waals surface area contributed by atoms with Gasteiger partial charge in [-0.15, -0.1) is 0 Å². The molecule has 2 rings (SSSR count). The molecule has 1 aliphatic heterocycles. The number of rotatable bonds is 5. The highest BCUT2D eigenvalue weighted by Crippen LogP contribution is 2.34. The molecule has 2 N–H and O–H groups in total. The molecule has 0 saturated carbocycles. The molecule has 118 valence electrons. The van der Waals surface area contributed by atoms with Crippen LogP contribution in [0.2, 0.25) is 0 Å². The Balaban J connectivity index is 1.62. The topological polar surface area (TPSA) is 38.5 Å². The highest BCUT2D eigenvalue weighted by molar-refractivity contribution is 5.43. The molecular formula is C18H30N2O. The molecule has 0 amide bonds. The van der Waals surface area contributed by atoms with E-state index in [9.17, 15) is 0 Å². The lowest BCUT2D eigenvalue weighted by atomic mass is 9.75. The predicted octanol–water partition coefficient (Wildman–Crippen LogP) is 3.80. The summed E-state index contributed by atoms with van der Waals surface area (Å²) in [5, 5.41) is 0. The lowest BCUT2D eigenvalue weighted by molar-refractivity contribution is 0.108. The number of piperidine rings is 1. The van der Waals surface area contributed by atoms with Crippen molar-refractivity contribution in [2.24, 2.45) is 11.3 Å². The number of anilines is 1.